The summed E-state index contributed by atoms with van der Waals surface area (Å²) in [5.74, 6) is 1.05. The van der Waals surface area contributed by atoms with Crippen molar-refractivity contribution >= 4 is 0 Å². The predicted molar refractivity (Wildman–Crippen MR) is 76.4 cm³/mol. The highest BCUT2D eigenvalue weighted by atomic mass is 16.5. The highest BCUT2D eigenvalue weighted by molar-refractivity contribution is 5.42. The van der Waals surface area contributed by atoms with Gasteiger partial charge < -0.3 is 10.1 Å². The van der Waals surface area contributed by atoms with E-state index < -0.39 is 0 Å². The van der Waals surface area contributed by atoms with E-state index >= 15 is 0 Å². The van der Waals surface area contributed by atoms with E-state index in [0.29, 0.717) is 0 Å². The molecule has 0 amide bonds. The fraction of sp³-hybridized carbons (Fsp3) is 0.625. The standard InChI is InChI=1S/C16H25NO/c1-5-15(10-17-14-6-7-14)18-16-9-11(2)8-12(3)13(16)4/h8-9,14-15,17H,5-7,10H2,1-4H3. The minimum absolute atomic E-state index is 0.283. The summed E-state index contributed by atoms with van der Waals surface area (Å²) < 4.78 is 6.17. The number of nitrogens with one attached hydrogen (secondary N) is 1. The Morgan fingerprint density at radius 2 is 2.00 bits per heavy atom. The van der Waals surface area contributed by atoms with Gasteiger partial charge in [0.05, 0.1) is 0 Å². The second-order valence-electron chi connectivity index (χ2n) is 5.54. The van der Waals surface area contributed by atoms with Crippen LogP contribution in [0.1, 0.15) is 42.9 Å². The third-order valence-corrected chi connectivity index (χ3v) is 3.72. The molecule has 1 saturated carbocycles. The van der Waals surface area contributed by atoms with Crippen molar-refractivity contribution < 1.29 is 4.74 Å². The van der Waals surface area contributed by atoms with E-state index in [1.54, 1.807) is 0 Å². The maximum Gasteiger partial charge on any atom is 0.123 e. The van der Waals surface area contributed by atoms with E-state index in [-0.39, 0.29) is 6.10 Å². The Morgan fingerprint density at radius 1 is 1.28 bits per heavy atom. The van der Waals surface area contributed by atoms with Crippen molar-refractivity contribution in [2.45, 2.75) is 59.1 Å². The average Bonchev–Trinajstić information content (AvgIpc) is 3.14. The molecule has 0 spiro atoms. The molecule has 1 fully saturated rings. The Balaban J connectivity index is 2.00. The lowest BCUT2D eigenvalue weighted by molar-refractivity contribution is 0.191. The van der Waals surface area contributed by atoms with Crippen molar-refractivity contribution in [3.8, 4) is 5.75 Å². The molecule has 18 heavy (non-hydrogen) atoms. The van der Waals surface area contributed by atoms with Crippen molar-refractivity contribution in [1.29, 1.82) is 0 Å². The summed E-state index contributed by atoms with van der Waals surface area (Å²) in [7, 11) is 0. The Kier molecular flexibility index (Phi) is 4.28. The van der Waals surface area contributed by atoms with Gasteiger partial charge in [-0.25, -0.2) is 0 Å². The number of aryl methyl sites for hydroxylation is 2. The SMILES string of the molecule is CCC(CNC1CC1)Oc1cc(C)cc(C)c1C. The van der Waals surface area contributed by atoms with Crippen molar-refractivity contribution in [1.82, 2.24) is 5.32 Å². The number of ether oxygens (including phenoxy) is 1. The summed E-state index contributed by atoms with van der Waals surface area (Å²) in [4.78, 5) is 0. The van der Waals surface area contributed by atoms with Crippen LogP contribution in [0.15, 0.2) is 12.1 Å². The molecule has 2 nitrogen and oxygen atoms in total. The van der Waals surface area contributed by atoms with Crippen LogP contribution in [0.25, 0.3) is 0 Å². The lowest BCUT2D eigenvalue weighted by Crippen LogP contribution is -2.32. The number of rotatable bonds is 6. The first-order valence-electron chi connectivity index (χ1n) is 7.08. The normalized spacial score (nSPS) is 16.7. The molecule has 0 bridgehead atoms. The molecule has 1 N–H and O–H groups in total. The molecule has 0 saturated heterocycles. The molecule has 2 rings (SSSR count). The first kappa shape index (κ1) is 13.4. The van der Waals surface area contributed by atoms with Crippen LogP contribution in [-0.2, 0) is 0 Å². The Labute approximate surface area is 111 Å². The maximum absolute atomic E-state index is 6.17. The summed E-state index contributed by atoms with van der Waals surface area (Å²) in [6, 6.07) is 5.12. The van der Waals surface area contributed by atoms with Gasteiger partial charge in [-0.05, 0) is 62.8 Å². The molecule has 0 radical (unpaired) electrons. The Hall–Kier alpha value is -1.02. The van der Waals surface area contributed by atoms with Crippen LogP contribution in [-0.4, -0.2) is 18.7 Å². The molecule has 1 aromatic carbocycles. The lowest BCUT2D eigenvalue weighted by Gasteiger charge is -2.20. The molecule has 0 aliphatic heterocycles. The van der Waals surface area contributed by atoms with Gasteiger partial charge in [-0.3, -0.25) is 0 Å². The van der Waals surface area contributed by atoms with Gasteiger partial charge in [-0.15, -0.1) is 0 Å². The number of hydrogen-bond acceptors (Lipinski definition) is 2. The van der Waals surface area contributed by atoms with Crippen LogP contribution in [0.5, 0.6) is 5.75 Å². The van der Waals surface area contributed by atoms with Crippen molar-refractivity contribution in [2.75, 3.05) is 6.54 Å². The predicted octanol–water partition coefficient (Wildman–Crippen LogP) is 3.52. The van der Waals surface area contributed by atoms with E-state index in [1.165, 1.54) is 29.5 Å². The van der Waals surface area contributed by atoms with Gasteiger partial charge in [0.15, 0.2) is 0 Å². The smallest absolute Gasteiger partial charge is 0.123 e. The van der Waals surface area contributed by atoms with Gasteiger partial charge in [0.25, 0.3) is 0 Å². The minimum atomic E-state index is 0.283. The molecule has 1 aromatic rings. The van der Waals surface area contributed by atoms with Crippen LogP contribution < -0.4 is 10.1 Å². The van der Waals surface area contributed by atoms with Gasteiger partial charge in [-0.1, -0.05) is 13.0 Å². The van der Waals surface area contributed by atoms with E-state index in [1.807, 2.05) is 0 Å². The molecule has 1 unspecified atom stereocenters. The van der Waals surface area contributed by atoms with Crippen LogP contribution in [0, 0.1) is 20.8 Å². The summed E-state index contributed by atoms with van der Waals surface area (Å²) in [6.07, 6.45) is 4.00. The molecule has 100 valence electrons. The molecule has 0 aromatic heterocycles. The van der Waals surface area contributed by atoms with Gasteiger partial charge >= 0.3 is 0 Å². The van der Waals surface area contributed by atoms with E-state index in [0.717, 1.165) is 24.8 Å². The molecular weight excluding hydrogens is 222 g/mol. The van der Waals surface area contributed by atoms with Crippen LogP contribution >= 0.6 is 0 Å². The van der Waals surface area contributed by atoms with Gasteiger partial charge in [-0.2, -0.15) is 0 Å². The van der Waals surface area contributed by atoms with Crippen molar-refractivity contribution in [2.24, 2.45) is 0 Å². The molecule has 0 heterocycles. The zero-order chi connectivity index (χ0) is 13.1. The quantitative estimate of drug-likeness (QED) is 0.830. The van der Waals surface area contributed by atoms with E-state index in [4.69, 9.17) is 4.74 Å². The number of hydrogen-bond donors (Lipinski definition) is 1. The first-order valence-corrected chi connectivity index (χ1v) is 7.08. The third kappa shape index (κ3) is 3.49. The Morgan fingerprint density at radius 3 is 2.61 bits per heavy atom. The third-order valence-electron chi connectivity index (χ3n) is 3.72. The molecule has 1 atom stereocenters. The van der Waals surface area contributed by atoms with Crippen molar-refractivity contribution in [3.63, 3.8) is 0 Å². The Bertz CT molecular complexity index is 410. The average molecular weight is 247 g/mol. The minimum Gasteiger partial charge on any atom is -0.489 e. The summed E-state index contributed by atoms with van der Waals surface area (Å²) in [5.41, 5.74) is 3.86. The second kappa shape index (κ2) is 5.75. The monoisotopic (exact) mass is 247 g/mol. The molecular formula is C16H25NO. The fourth-order valence-electron chi connectivity index (χ4n) is 2.16. The summed E-state index contributed by atoms with van der Waals surface area (Å²) in [5, 5.41) is 3.55. The van der Waals surface area contributed by atoms with Gasteiger partial charge in [0, 0.05) is 12.6 Å². The zero-order valence-corrected chi connectivity index (χ0v) is 12.0. The topological polar surface area (TPSA) is 21.3 Å². The van der Waals surface area contributed by atoms with Crippen LogP contribution in [0.3, 0.4) is 0 Å². The van der Waals surface area contributed by atoms with Crippen LogP contribution in [0.2, 0.25) is 0 Å². The maximum atomic E-state index is 6.17. The lowest BCUT2D eigenvalue weighted by atomic mass is 10.1. The van der Waals surface area contributed by atoms with E-state index in [2.05, 4.69) is 45.1 Å². The highest BCUT2D eigenvalue weighted by Crippen LogP contribution is 2.25. The zero-order valence-electron chi connectivity index (χ0n) is 12.0. The largest absolute Gasteiger partial charge is 0.489 e. The van der Waals surface area contributed by atoms with E-state index in [9.17, 15) is 0 Å². The van der Waals surface area contributed by atoms with Crippen molar-refractivity contribution in [3.05, 3.63) is 28.8 Å². The highest BCUT2D eigenvalue weighted by Gasteiger charge is 2.22. The second-order valence-corrected chi connectivity index (χ2v) is 5.54. The fourth-order valence-corrected chi connectivity index (χ4v) is 2.16. The molecule has 1 aliphatic carbocycles. The molecule has 2 heteroatoms. The van der Waals surface area contributed by atoms with Gasteiger partial charge in [0.2, 0.25) is 0 Å². The number of benzene rings is 1. The summed E-state index contributed by atoms with van der Waals surface area (Å²) in [6.45, 7) is 9.58. The van der Waals surface area contributed by atoms with Crippen LogP contribution in [0.4, 0.5) is 0 Å². The summed E-state index contributed by atoms with van der Waals surface area (Å²) >= 11 is 0. The van der Waals surface area contributed by atoms with Gasteiger partial charge in [0.1, 0.15) is 11.9 Å². The molecule has 1 aliphatic rings. The first-order chi connectivity index (χ1) is 8.60.